The molecule has 2 rings (SSSR count). The number of amides is 1. The highest BCUT2D eigenvalue weighted by Gasteiger charge is 2.30. The smallest absolute Gasteiger partial charge is 0.416 e. The lowest BCUT2D eigenvalue weighted by Crippen LogP contribution is -2.36. The molecule has 9 heteroatoms. The van der Waals surface area contributed by atoms with Crippen LogP contribution in [0.4, 0.5) is 24.7 Å². The van der Waals surface area contributed by atoms with Gasteiger partial charge in [-0.3, -0.25) is 4.79 Å². The minimum Gasteiger partial charge on any atom is -0.452 e. The number of hydrogen-bond donors (Lipinski definition) is 1. The number of carbonyl (C=O) groups is 2. The van der Waals surface area contributed by atoms with Gasteiger partial charge in [0.25, 0.3) is 5.91 Å². The summed E-state index contributed by atoms with van der Waals surface area (Å²) in [7, 11) is 1.59. The van der Waals surface area contributed by atoms with Crippen LogP contribution >= 0.6 is 0 Å². The maximum absolute atomic E-state index is 12.9. The minimum atomic E-state index is -4.49. The third-order valence-electron chi connectivity index (χ3n) is 3.97. The van der Waals surface area contributed by atoms with Crippen molar-refractivity contribution in [3.63, 3.8) is 0 Å². The van der Waals surface area contributed by atoms with Crippen LogP contribution in [0.15, 0.2) is 42.6 Å². The average molecular weight is 395 g/mol. The van der Waals surface area contributed by atoms with E-state index in [0.717, 1.165) is 12.1 Å². The molecule has 0 atom stereocenters. The van der Waals surface area contributed by atoms with Crippen molar-refractivity contribution < 1.29 is 27.5 Å². The number of pyridine rings is 1. The number of halogens is 3. The van der Waals surface area contributed by atoms with Crippen molar-refractivity contribution in [2.24, 2.45) is 0 Å². The molecule has 0 radical (unpaired) electrons. The molecule has 150 valence electrons. The molecule has 0 fully saturated rings. The van der Waals surface area contributed by atoms with Crippen LogP contribution in [0, 0.1) is 0 Å². The molecule has 0 saturated heterocycles. The standard InChI is InChI=1S/C19H20F3N3O3/c1-12(2)25(3)16(26)11-28-18(27)15-8-5-9-23-17(15)24-14-7-4-6-13(10-14)19(20,21)22/h4-10,12H,11H2,1-3H3,(H,23,24). The Balaban J connectivity index is 2.15. The van der Waals surface area contributed by atoms with Gasteiger partial charge in [-0.15, -0.1) is 0 Å². The van der Waals surface area contributed by atoms with Crippen molar-refractivity contribution in [3.8, 4) is 0 Å². The topological polar surface area (TPSA) is 71.5 Å². The number of likely N-dealkylation sites (N-methyl/N-ethyl adjacent to an activating group) is 1. The Bertz CT molecular complexity index is 854. The number of anilines is 2. The van der Waals surface area contributed by atoms with E-state index < -0.39 is 24.3 Å². The number of carbonyl (C=O) groups excluding carboxylic acids is 2. The number of hydrogen-bond acceptors (Lipinski definition) is 5. The second-order valence-corrected chi connectivity index (χ2v) is 6.28. The van der Waals surface area contributed by atoms with Gasteiger partial charge in [0.05, 0.1) is 5.56 Å². The summed E-state index contributed by atoms with van der Waals surface area (Å²) in [5.74, 6) is -1.16. The number of nitrogens with one attached hydrogen (secondary N) is 1. The van der Waals surface area contributed by atoms with Crippen molar-refractivity contribution in [1.29, 1.82) is 0 Å². The van der Waals surface area contributed by atoms with Crippen LogP contribution in [0.1, 0.15) is 29.8 Å². The molecule has 2 aromatic rings. The molecule has 1 aromatic carbocycles. The summed E-state index contributed by atoms with van der Waals surface area (Å²) >= 11 is 0. The molecule has 6 nitrogen and oxygen atoms in total. The van der Waals surface area contributed by atoms with E-state index in [4.69, 9.17) is 4.74 Å². The van der Waals surface area contributed by atoms with Gasteiger partial charge in [-0.05, 0) is 44.2 Å². The minimum absolute atomic E-state index is 0.0000817. The first-order valence-corrected chi connectivity index (χ1v) is 8.41. The fourth-order valence-corrected chi connectivity index (χ4v) is 2.17. The van der Waals surface area contributed by atoms with Crippen molar-refractivity contribution in [2.45, 2.75) is 26.1 Å². The van der Waals surface area contributed by atoms with E-state index in [1.54, 1.807) is 7.05 Å². The first-order chi connectivity index (χ1) is 13.1. The van der Waals surface area contributed by atoms with Gasteiger partial charge in [0.1, 0.15) is 11.4 Å². The molecule has 1 heterocycles. The van der Waals surface area contributed by atoms with E-state index in [1.165, 1.54) is 35.4 Å². The molecule has 0 saturated carbocycles. The predicted octanol–water partition coefficient (Wildman–Crippen LogP) is 3.87. The van der Waals surface area contributed by atoms with Gasteiger partial charge in [-0.2, -0.15) is 13.2 Å². The van der Waals surface area contributed by atoms with Gasteiger partial charge in [0.2, 0.25) is 0 Å². The molecule has 0 spiro atoms. The van der Waals surface area contributed by atoms with E-state index in [9.17, 15) is 22.8 Å². The third-order valence-corrected chi connectivity index (χ3v) is 3.97. The Morgan fingerprint density at radius 3 is 2.57 bits per heavy atom. The molecule has 0 aliphatic heterocycles. The van der Waals surface area contributed by atoms with Gasteiger partial charge in [-0.1, -0.05) is 6.07 Å². The molecule has 1 amide bonds. The Kier molecular flexibility index (Phi) is 6.61. The zero-order valence-corrected chi connectivity index (χ0v) is 15.6. The van der Waals surface area contributed by atoms with Crippen LogP contribution in [-0.4, -0.2) is 41.5 Å². The molecular weight excluding hydrogens is 375 g/mol. The lowest BCUT2D eigenvalue weighted by molar-refractivity contribution is -0.137. The number of benzene rings is 1. The molecule has 0 unspecified atom stereocenters. The number of alkyl halides is 3. The van der Waals surface area contributed by atoms with E-state index in [2.05, 4.69) is 10.3 Å². The summed E-state index contributed by atoms with van der Waals surface area (Å²) < 4.78 is 43.6. The Labute approximate surface area is 160 Å². The van der Waals surface area contributed by atoms with Crippen molar-refractivity contribution in [1.82, 2.24) is 9.88 Å². The largest absolute Gasteiger partial charge is 0.452 e. The SMILES string of the molecule is CC(C)N(C)C(=O)COC(=O)c1cccnc1Nc1cccc(C(F)(F)F)c1. The average Bonchev–Trinajstić information content (AvgIpc) is 2.65. The molecule has 1 aromatic heterocycles. The first kappa shape index (κ1) is 21.2. The lowest BCUT2D eigenvalue weighted by Gasteiger charge is -2.21. The van der Waals surface area contributed by atoms with Crippen LogP contribution in [0.3, 0.4) is 0 Å². The van der Waals surface area contributed by atoms with Crippen molar-refractivity contribution >= 4 is 23.4 Å². The molecule has 28 heavy (non-hydrogen) atoms. The Morgan fingerprint density at radius 1 is 1.21 bits per heavy atom. The number of nitrogens with zero attached hydrogens (tertiary/aromatic N) is 2. The fourth-order valence-electron chi connectivity index (χ4n) is 2.17. The zero-order chi connectivity index (χ0) is 20.9. The number of esters is 1. The van der Waals surface area contributed by atoms with Crippen LogP contribution < -0.4 is 5.32 Å². The molecule has 0 aliphatic carbocycles. The molecule has 1 N–H and O–H groups in total. The fraction of sp³-hybridized carbons (Fsp3) is 0.316. The highest BCUT2D eigenvalue weighted by molar-refractivity contribution is 5.96. The summed E-state index contributed by atoms with van der Waals surface area (Å²) in [5, 5.41) is 2.69. The summed E-state index contributed by atoms with van der Waals surface area (Å²) in [5.41, 5.74) is -0.724. The highest BCUT2D eigenvalue weighted by atomic mass is 19.4. The molecular formula is C19H20F3N3O3. The van der Waals surface area contributed by atoms with Gasteiger partial charge in [0.15, 0.2) is 6.61 Å². The van der Waals surface area contributed by atoms with Crippen LogP contribution in [0.2, 0.25) is 0 Å². The Morgan fingerprint density at radius 2 is 1.93 bits per heavy atom. The second-order valence-electron chi connectivity index (χ2n) is 6.28. The Hall–Kier alpha value is -3.10. The number of ether oxygens (including phenoxy) is 1. The quantitative estimate of drug-likeness (QED) is 0.752. The maximum Gasteiger partial charge on any atom is 0.416 e. The summed E-state index contributed by atoms with van der Waals surface area (Å²) in [6, 6.07) is 7.34. The zero-order valence-electron chi connectivity index (χ0n) is 15.6. The van der Waals surface area contributed by atoms with E-state index in [-0.39, 0.29) is 29.0 Å². The normalized spacial score (nSPS) is 11.2. The monoisotopic (exact) mass is 395 g/mol. The van der Waals surface area contributed by atoms with Crippen LogP contribution in [0.5, 0.6) is 0 Å². The molecule has 0 bridgehead atoms. The third kappa shape index (κ3) is 5.45. The first-order valence-electron chi connectivity index (χ1n) is 8.41. The number of rotatable bonds is 6. The van der Waals surface area contributed by atoms with Gasteiger partial charge in [0, 0.05) is 25.0 Å². The van der Waals surface area contributed by atoms with E-state index in [0.29, 0.717) is 0 Å². The van der Waals surface area contributed by atoms with Crippen molar-refractivity contribution in [2.75, 3.05) is 19.0 Å². The van der Waals surface area contributed by atoms with Gasteiger partial charge >= 0.3 is 12.1 Å². The second kappa shape index (κ2) is 8.73. The maximum atomic E-state index is 12.9. The lowest BCUT2D eigenvalue weighted by atomic mass is 10.2. The van der Waals surface area contributed by atoms with Gasteiger partial charge in [-0.25, -0.2) is 9.78 Å². The van der Waals surface area contributed by atoms with E-state index >= 15 is 0 Å². The summed E-state index contributed by atoms with van der Waals surface area (Å²) in [6.07, 6.45) is -3.11. The van der Waals surface area contributed by atoms with Crippen LogP contribution in [-0.2, 0) is 15.7 Å². The summed E-state index contributed by atoms with van der Waals surface area (Å²) in [6.45, 7) is 3.18. The van der Waals surface area contributed by atoms with Crippen LogP contribution in [0.25, 0.3) is 0 Å². The predicted molar refractivity (Wildman–Crippen MR) is 97.2 cm³/mol. The highest BCUT2D eigenvalue weighted by Crippen LogP contribution is 2.31. The number of aromatic nitrogens is 1. The van der Waals surface area contributed by atoms with Gasteiger partial charge < -0.3 is 15.0 Å². The van der Waals surface area contributed by atoms with E-state index in [1.807, 2.05) is 13.8 Å². The molecule has 0 aliphatic rings. The summed E-state index contributed by atoms with van der Waals surface area (Å²) in [4.78, 5) is 29.7. The van der Waals surface area contributed by atoms with Crippen molar-refractivity contribution in [3.05, 3.63) is 53.7 Å².